The summed E-state index contributed by atoms with van der Waals surface area (Å²) in [4.78, 5) is 11.5. The molecule has 2 aromatic rings. The molecule has 0 aromatic heterocycles. The first-order chi connectivity index (χ1) is 9.69. The topological polar surface area (TPSA) is 67.1 Å². The van der Waals surface area contributed by atoms with Crippen molar-refractivity contribution < 1.29 is 4.79 Å². The molecular formula is C16H19N3O. The summed E-state index contributed by atoms with van der Waals surface area (Å²) in [6.45, 7) is 2.67. The molecule has 0 spiro atoms. The first-order valence-corrected chi connectivity index (χ1v) is 6.57. The second-order valence-corrected chi connectivity index (χ2v) is 4.64. The van der Waals surface area contributed by atoms with Crippen molar-refractivity contribution in [1.82, 2.24) is 0 Å². The van der Waals surface area contributed by atoms with E-state index in [2.05, 4.69) is 22.8 Å². The van der Waals surface area contributed by atoms with Crippen molar-refractivity contribution >= 4 is 17.3 Å². The minimum absolute atomic E-state index is 0.0218. The summed E-state index contributed by atoms with van der Waals surface area (Å²) < 4.78 is 0. The number of hydrogen-bond acceptors (Lipinski definition) is 3. The van der Waals surface area contributed by atoms with Crippen LogP contribution in [0.4, 0.5) is 11.4 Å². The van der Waals surface area contributed by atoms with Gasteiger partial charge in [0, 0.05) is 6.54 Å². The largest absolute Gasteiger partial charge is 0.379 e. The normalized spacial score (nSPS) is 10.1. The van der Waals surface area contributed by atoms with Gasteiger partial charge in [0.2, 0.25) is 5.91 Å². The maximum atomic E-state index is 11.5. The summed E-state index contributed by atoms with van der Waals surface area (Å²) in [6.07, 6.45) is 0. The summed E-state index contributed by atoms with van der Waals surface area (Å²) in [5.41, 5.74) is 9.26. The van der Waals surface area contributed by atoms with Gasteiger partial charge in [-0.15, -0.1) is 0 Å². The van der Waals surface area contributed by atoms with Crippen LogP contribution in [0.2, 0.25) is 0 Å². The zero-order valence-electron chi connectivity index (χ0n) is 11.5. The maximum Gasteiger partial charge on any atom is 0.238 e. The van der Waals surface area contributed by atoms with Crippen molar-refractivity contribution in [2.45, 2.75) is 13.5 Å². The molecule has 4 N–H and O–H groups in total. The first kappa shape index (κ1) is 14.1. The predicted octanol–water partition coefficient (Wildman–Crippen LogP) is 2.50. The van der Waals surface area contributed by atoms with Crippen LogP contribution in [0.1, 0.15) is 11.1 Å². The molecule has 0 aliphatic carbocycles. The highest BCUT2D eigenvalue weighted by Gasteiger charge is 2.06. The lowest BCUT2D eigenvalue weighted by molar-refractivity contribution is -0.114. The number of carbonyl (C=O) groups excluding carboxylic acids is 1. The average molecular weight is 269 g/mol. The lowest BCUT2D eigenvalue weighted by Gasteiger charge is -2.13. The van der Waals surface area contributed by atoms with Gasteiger partial charge in [0.15, 0.2) is 0 Å². The van der Waals surface area contributed by atoms with Crippen molar-refractivity contribution in [1.29, 1.82) is 0 Å². The van der Waals surface area contributed by atoms with Crippen LogP contribution >= 0.6 is 0 Å². The number of rotatable bonds is 5. The molecule has 0 saturated carbocycles. The van der Waals surface area contributed by atoms with Gasteiger partial charge in [0.1, 0.15) is 0 Å². The van der Waals surface area contributed by atoms with E-state index in [-0.39, 0.29) is 12.5 Å². The Morgan fingerprint density at radius 3 is 2.55 bits per heavy atom. The molecule has 0 radical (unpaired) electrons. The van der Waals surface area contributed by atoms with Crippen molar-refractivity contribution in [2.75, 3.05) is 17.2 Å². The highest BCUT2D eigenvalue weighted by Crippen LogP contribution is 2.23. The third-order valence-electron chi connectivity index (χ3n) is 2.96. The van der Waals surface area contributed by atoms with E-state index >= 15 is 0 Å². The van der Waals surface area contributed by atoms with Gasteiger partial charge in [-0.1, -0.05) is 36.4 Å². The fourth-order valence-electron chi connectivity index (χ4n) is 1.91. The molecule has 0 unspecified atom stereocenters. The molecule has 104 valence electrons. The smallest absolute Gasteiger partial charge is 0.238 e. The second-order valence-electron chi connectivity index (χ2n) is 4.64. The van der Waals surface area contributed by atoms with Gasteiger partial charge in [0.25, 0.3) is 0 Å². The van der Waals surface area contributed by atoms with E-state index < -0.39 is 0 Å². The van der Waals surface area contributed by atoms with E-state index in [4.69, 9.17) is 5.73 Å². The lowest BCUT2D eigenvalue weighted by Crippen LogP contribution is -2.22. The molecule has 0 fully saturated rings. The molecule has 20 heavy (non-hydrogen) atoms. The van der Waals surface area contributed by atoms with Crippen LogP contribution < -0.4 is 16.4 Å². The minimum Gasteiger partial charge on any atom is -0.379 e. The Bertz CT molecular complexity index is 582. The van der Waals surface area contributed by atoms with Crippen LogP contribution in [0.25, 0.3) is 0 Å². The quantitative estimate of drug-likeness (QED) is 0.781. The monoisotopic (exact) mass is 269 g/mol. The number of aryl methyl sites for hydroxylation is 1. The molecule has 0 bridgehead atoms. The van der Waals surface area contributed by atoms with Crippen LogP contribution in [-0.4, -0.2) is 12.5 Å². The summed E-state index contributed by atoms with van der Waals surface area (Å²) in [6, 6.07) is 16.0. The van der Waals surface area contributed by atoms with Crippen LogP contribution in [0, 0.1) is 6.92 Å². The third-order valence-corrected chi connectivity index (χ3v) is 2.96. The molecule has 4 heteroatoms. The van der Waals surface area contributed by atoms with Crippen molar-refractivity contribution in [3.8, 4) is 0 Å². The van der Waals surface area contributed by atoms with Gasteiger partial charge in [-0.25, -0.2) is 0 Å². The molecular weight excluding hydrogens is 250 g/mol. The summed E-state index contributed by atoms with van der Waals surface area (Å²) in [5.74, 6) is -0.196. The fourth-order valence-corrected chi connectivity index (χ4v) is 1.91. The second kappa shape index (κ2) is 6.73. The molecule has 2 rings (SSSR count). The van der Waals surface area contributed by atoms with Gasteiger partial charge >= 0.3 is 0 Å². The number of hydrogen-bond donors (Lipinski definition) is 3. The van der Waals surface area contributed by atoms with E-state index in [1.807, 2.05) is 43.3 Å². The van der Waals surface area contributed by atoms with Crippen LogP contribution in [0.3, 0.4) is 0 Å². The molecule has 0 atom stereocenters. The molecule has 0 aliphatic heterocycles. The summed E-state index contributed by atoms with van der Waals surface area (Å²) in [7, 11) is 0. The number of amides is 1. The number of nitrogens with two attached hydrogens (primary N) is 1. The predicted molar refractivity (Wildman–Crippen MR) is 82.6 cm³/mol. The Balaban J connectivity index is 2.12. The van der Waals surface area contributed by atoms with Crippen LogP contribution in [0.15, 0.2) is 48.5 Å². The van der Waals surface area contributed by atoms with Gasteiger partial charge in [0.05, 0.1) is 17.9 Å². The zero-order chi connectivity index (χ0) is 14.4. The molecule has 0 heterocycles. The number of anilines is 2. The fraction of sp³-hybridized carbons (Fsp3) is 0.188. The Morgan fingerprint density at radius 2 is 1.85 bits per heavy atom. The van der Waals surface area contributed by atoms with Crippen LogP contribution in [0.5, 0.6) is 0 Å². The van der Waals surface area contributed by atoms with Gasteiger partial charge < -0.3 is 16.4 Å². The molecule has 0 aliphatic rings. The minimum atomic E-state index is -0.196. The highest BCUT2D eigenvalue weighted by atomic mass is 16.1. The van der Waals surface area contributed by atoms with Gasteiger partial charge in [-0.3, -0.25) is 4.79 Å². The van der Waals surface area contributed by atoms with E-state index in [0.717, 1.165) is 16.9 Å². The van der Waals surface area contributed by atoms with E-state index in [0.29, 0.717) is 6.54 Å². The Kier molecular flexibility index (Phi) is 4.74. The SMILES string of the molecule is Cc1ccc(NCc2ccccc2)c(NC(=O)CN)c1. The van der Waals surface area contributed by atoms with Crippen molar-refractivity contribution in [3.63, 3.8) is 0 Å². The lowest BCUT2D eigenvalue weighted by atomic mass is 10.1. The Morgan fingerprint density at radius 1 is 1.10 bits per heavy atom. The van der Waals surface area contributed by atoms with E-state index in [1.165, 1.54) is 5.56 Å². The van der Waals surface area contributed by atoms with E-state index in [9.17, 15) is 4.79 Å². The molecule has 4 nitrogen and oxygen atoms in total. The van der Waals surface area contributed by atoms with Crippen molar-refractivity contribution in [2.24, 2.45) is 5.73 Å². The van der Waals surface area contributed by atoms with E-state index in [1.54, 1.807) is 0 Å². The number of carbonyl (C=O) groups is 1. The van der Waals surface area contributed by atoms with Gasteiger partial charge in [-0.2, -0.15) is 0 Å². The summed E-state index contributed by atoms with van der Waals surface area (Å²) >= 11 is 0. The molecule has 2 aromatic carbocycles. The molecule has 0 saturated heterocycles. The Hall–Kier alpha value is -2.33. The first-order valence-electron chi connectivity index (χ1n) is 6.57. The summed E-state index contributed by atoms with van der Waals surface area (Å²) in [5, 5.41) is 6.14. The number of benzene rings is 2. The maximum absolute atomic E-state index is 11.5. The third kappa shape index (κ3) is 3.83. The molecule has 1 amide bonds. The standard InChI is InChI=1S/C16H19N3O/c1-12-7-8-14(15(9-12)19-16(20)10-17)18-11-13-5-3-2-4-6-13/h2-9,18H,10-11,17H2,1H3,(H,19,20). The van der Waals surface area contributed by atoms with Crippen molar-refractivity contribution in [3.05, 3.63) is 59.7 Å². The highest BCUT2D eigenvalue weighted by molar-refractivity contribution is 5.95. The van der Waals surface area contributed by atoms with Crippen LogP contribution in [-0.2, 0) is 11.3 Å². The number of nitrogens with one attached hydrogen (secondary N) is 2. The Labute approximate surface area is 119 Å². The average Bonchev–Trinajstić information content (AvgIpc) is 2.47. The van der Waals surface area contributed by atoms with Gasteiger partial charge in [-0.05, 0) is 30.2 Å². The zero-order valence-corrected chi connectivity index (χ0v) is 11.5.